The van der Waals surface area contributed by atoms with Crippen LogP contribution in [-0.4, -0.2) is 15.5 Å². The first-order valence-electron chi connectivity index (χ1n) is 8.72. The normalized spacial score (nSPS) is 11.1. The van der Waals surface area contributed by atoms with Gasteiger partial charge in [-0.05, 0) is 36.2 Å². The molecule has 4 rings (SSSR count). The quantitative estimate of drug-likeness (QED) is 0.564. The number of rotatable bonds is 5. The fraction of sp³-hybridized carbons (Fsp3) is 0.143. The van der Waals surface area contributed by atoms with E-state index in [1.54, 1.807) is 29.1 Å². The Morgan fingerprint density at radius 2 is 2.00 bits per heavy atom. The van der Waals surface area contributed by atoms with Crippen LogP contribution in [0.5, 0.6) is 0 Å². The van der Waals surface area contributed by atoms with Gasteiger partial charge in [0.25, 0.3) is 5.91 Å². The van der Waals surface area contributed by atoms with Gasteiger partial charge >= 0.3 is 0 Å². The molecule has 0 aliphatic carbocycles. The Morgan fingerprint density at radius 3 is 2.75 bits per heavy atom. The number of carbonyl (C=O) groups excluding carboxylic acids is 1. The minimum atomic E-state index is -0.924. The van der Waals surface area contributed by atoms with Gasteiger partial charge < -0.3 is 14.3 Å². The van der Waals surface area contributed by atoms with Gasteiger partial charge in [-0.2, -0.15) is 0 Å². The third-order valence-corrected chi connectivity index (χ3v) is 4.45. The molecule has 3 aromatic heterocycles. The minimum Gasteiger partial charge on any atom is -0.460 e. The van der Waals surface area contributed by atoms with E-state index in [-0.39, 0.29) is 12.5 Å². The number of hydrogen-bond acceptors (Lipinski definition) is 3. The Hall–Kier alpha value is -3.48. The zero-order chi connectivity index (χ0) is 19.7. The van der Waals surface area contributed by atoms with Crippen LogP contribution in [-0.2, 0) is 13.1 Å². The van der Waals surface area contributed by atoms with E-state index >= 15 is 0 Å². The lowest BCUT2D eigenvalue weighted by molar-refractivity contribution is 0.0942. The highest BCUT2D eigenvalue weighted by atomic mass is 19.2. The lowest BCUT2D eigenvalue weighted by Crippen LogP contribution is -2.25. The van der Waals surface area contributed by atoms with Crippen molar-refractivity contribution in [2.24, 2.45) is 0 Å². The second-order valence-electron chi connectivity index (χ2n) is 6.51. The molecule has 1 aromatic carbocycles. The number of pyridine rings is 1. The first kappa shape index (κ1) is 17.9. The molecule has 0 radical (unpaired) electrons. The Bertz CT molecular complexity index is 1150. The molecule has 142 valence electrons. The summed E-state index contributed by atoms with van der Waals surface area (Å²) in [6.07, 6.45) is 3.34. The van der Waals surface area contributed by atoms with Crippen molar-refractivity contribution >= 4 is 17.0 Å². The summed E-state index contributed by atoms with van der Waals surface area (Å²) in [4.78, 5) is 16.8. The number of aryl methyl sites for hydroxylation is 1. The highest BCUT2D eigenvalue weighted by Crippen LogP contribution is 2.25. The lowest BCUT2D eigenvalue weighted by Gasteiger charge is -2.11. The fourth-order valence-electron chi connectivity index (χ4n) is 3.12. The van der Waals surface area contributed by atoms with Gasteiger partial charge in [0.2, 0.25) is 0 Å². The number of amides is 1. The van der Waals surface area contributed by atoms with Crippen LogP contribution in [0.3, 0.4) is 0 Å². The largest absolute Gasteiger partial charge is 0.460 e. The summed E-state index contributed by atoms with van der Waals surface area (Å²) >= 11 is 0. The van der Waals surface area contributed by atoms with E-state index in [2.05, 4.69) is 10.3 Å². The predicted octanol–water partition coefficient (Wildman–Crippen LogP) is 4.19. The number of furan rings is 1. The van der Waals surface area contributed by atoms with Crippen molar-refractivity contribution in [3.63, 3.8) is 0 Å². The highest BCUT2D eigenvalue weighted by molar-refractivity contribution is 5.97. The average molecular weight is 381 g/mol. The Morgan fingerprint density at radius 1 is 1.14 bits per heavy atom. The molecule has 3 heterocycles. The molecular weight excluding hydrogens is 364 g/mol. The SMILES string of the molecule is Cc1cc2c(cc(C(=O)NCc3cccnc3)n2Cc2ccc(F)c(F)c2)o1. The van der Waals surface area contributed by atoms with Crippen molar-refractivity contribution in [1.29, 1.82) is 0 Å². The lowest BCUT2D eigenvalue weighted by atomic mass is 10.2. The molecule has 0 fully saturated rings. The van der Waals surface area contributed by atoms with Crippen molar-refractivity contribution in [1.82, 2.24) is 14.9 Å². The maximum atomic E-state index is 13.6. The number of benzene rings is 1. The molecule has 0 saturated heterocycles. The van der Waals surface area contributed by atoms with Crippen LogP contribution in [0.2, 0.25) is 0 Å². The molecule has 1 amide bonds. The molecule has 28 heavy (non-hydrogen) atoms. The van der Waals surface area contributed by atoms with Gasteiger partial charge in [0, 0.05) is 37.6 Å². The van der Waals surface area contributed by atoms with E-state index in [0.717, 1.165) is 17.7 Å². The van der Waals surface area contributed by atoms with Gasteiger partial charge in [0.1, 0.15) is 11.5 Å². The van der Waals surface area contributed by atoms with Crippen molar-refractivity contribution < 1.29 is 18.0 Å². The molecule has 0 aliphatic heterocycles. The monoisotopic (exact) mass is 381 g/mol. The van der Waals surface area contributed by atoms with E-state index in [1.165, 1.54) is 6.07 Å². The summed E-state index contributed by atoms with van der Waals surface area (Å²) in [5.74, 6) is -1.43. The van der Waals surface area contributed by atoms with Crippen molar-refractivity contribution in [2.45, 2.75) is 20.0 Å². The molecular formula is C21H17F2N3O2. The van der Waals surface area contributed by atoms with E-state index in [9.17, 15) is 13.6 Å². The second kappa shape index (κ2) is 7.26. The van der Waals surface area contributed by atoms with Crippen molar-refractivity contribution in [3.05, 3.63) is 89.1 Å². The molecule has 1 N–H and O–H groups in total. The van der Waals surface area contributed by atoms with Crippen molar-refractivity contribution in [3.8, 4) is 0 Å². The Labute approximate surface area is 159 Å². The van der Waals surface area contributed by atoms with Crippen LogP contribution in [0.1, 0.15) is 27.4 Å². The smallest absolute Gasteiger partial charge is 0.268 e. The maximum Gasteiger partial charge on any atom is 0.268 e. The van der Waals surface area contributed by atoms with Crippen molar-refractivity contribution in [2.75, 3.05) is 0 Å². The molecule has 7 heteroatoms. The van der Waals surface area contributed by atoms with Crippen LogP contribution >= 0.6 is 0 Å². The number of nitrogens with one attached hydrogen (secondary N) is 1. The summed E-state index contributed by atoms with van der Waals surface area (Å²) in [6, 6.07) is 10.8. The van der Waals surface area contributed by atoms with Crippen LogP contribution in [0.25, 0.3) is 11.1 Å². The van der Waals surface area contributed by atoms with Gasteiger partial charge in [-0.1, -0.05) is 12.1 Å². The molecule has 0 spiro atoms. The topological polar surface area (TPSA) is 60.1 Å². The van der Waals surface area contributed by atoms with E-state index in [1.807, 2.05) is 19.1 Å². The number of carbonyl (C=O) groups is 1. The standard InChI is InChI=1S/C21H17F2N3O2/c1-13-7-18-20(28-13)9-19(21(27)25-11-15-3-2-6-24-10-15)26(18)12-14-4-5-16(22)17(23)8-14/h2-10H,11-12H2,1H3,(H,25,27). The van der Waals surface area contributed by atoms with E-state index in [0.29, 0.717) is 34.7 Å². The summed E-state index contributed by atoms with van der Waals surface area (Å²) in [7, 11) is 0. The van der Waals surface area contributed by atoms with Crippen LogP contribution in [0.15, 0.2) is 59.3 Å². The van der Waals surface area contributed by atoms with Gasteiger partial charge in [-0.25, -0.2) is 8.78 Å². The number of hydrogen-bond donors (Lipinski definition) is 1. The molecule has 0 aliphatic rings. The summed E-state index contributed by atoms with van der Waals surface area (Å²) < 4.78 is 34.2. The highest BCUT2D eigenvalue weighted by Gasteiger charge is 2.19. The fourth-order valence-corrected chi connectivity index (χ4v) is 3.12. The third-order valence-electron chi connectivity index (χ3n) is 4.45. The molecule has 5 nitrogen and oxygen atoms in total. The first-order valence-corrected chi connectivity index (χ1v) is 8.72. The van der Waals surface area contributed by atoms with Crippen LogP contribution in [0, 0.1) is 18.6 Å². The van der Waals surface area contributed by atoms with Crippen LogP contribution in [0.4, 0.5) is 8.78 Å². The summed E-state index contributed by atoms with van der Waals surface area (Å²) in [6.45, 7) is 2.34. The average Bonchev–Trinajstić information content (AvgIpc) is 3.20. The first-order chi connectivity index (χ1) is 13.5. The maximum absolute atomic E-state index is 13.6. The molecule has 4 aromatic rings. The summed E-state index contributed by atoms with van der Waals surface area (Å²) in [5.41, 5.74) is 3.06. The van der Waals surface area contributed by atoms with E-state index < -0.39 is 11.6 Å². The van der Waals surface area contributed by atoms with E-state index in [4.69, 9.17) is 4.42 Å². The zero-order valence-electron chi connectivity index (χ0n) is 15.1. The summed E-state index contributed by atoms with van der Waals surface area (Å²) in [5, 5.41) is 2.85. The Balaban J connectivity index is 1.65. The molecule has 0 atom stereocenters. The number of aromatic nitrogens is 2. The van der Waals surface area contributed by atoms with Gasteiger partial charge in [0.15, 0.2) is 17.2 Å². The molecule has 0 unspecified atom stereocenters. The van der Waals surface area contributed by atoms with Gasteiger partial charge in [0.05, 0.1) is 5.52 Å². The number of halogens is 2. The number of nitrogens with zero attached hydrogens (tertiary/aromatic N) is 2. The predicted molar refractivity (Wildman–Crippen MR) is 99.8 cm³/mol. The van der Waals surface area contributed by atoms with Crippen LogP contribution < -0.4 is 5.32 Å². The Kier molecular flexibility index (Phi) is 4.65. The van der Waals surface area contributed by atoms with Gasteiger partial charge in [-0.3, -0.25) is 9.78 Å². The number of fused-ring (bicyclic) bond motifs is 1. The molecule has 0 bridgehead atoms. The third kappa shape index (κ3) is 3.51. The zero-order valence-corrected chi connectivity index (χ0v) is 15.1. The minimum absolute atomic E-state index is 0.204. The van der Waals surface area contributed by atoms with Gasteiger partial charge in [-0.15, -0.1) is 0 Å². The second-order valence-corrected chi connectivity index (χ2v) is 6.51. The molecule has 0 saturated carbocycles.